The molecule has 2 rings (SSSR count). The molecule has 1 aromatic carbocycles. The van der Waals surface area contributed by atoms with E-state index in [1.54, 1.807) is 24.5 Å². The Kier molecular flexibility index (Phi) is 5.40. The first-order valence-corrected chi connectivity index (χ1v) is 7.76. The molecule has 0 radical (unpaired) electrons. The molecule has 20 heavy (non-hydrogen) atoms. The zero-order chi connectivity index (χ0) is 14.5. The van der Waals surface area contributed by atoms with E-state index in [0.717, 1.165) is 5.76 Å². The SMILES string of the molecule is CC(SCc1ccco1)C(=O)Nc1ccc(Cl)c(Cl)c1. The van der Waals surface area contributed by atoms with Crippen LogP contribution >= 0.6 is 35.0 Å². The van der Waals surface area contributed by atoms with Gasteiger partial charge in [0.15, 0.2) is 0 Å². The third-order valence-corrected chi connectivity index (χ3v) is 4.52. The number of carbonyl (C=O) groups is 1. The molecule has 1 aromatic heterocycles. The van der Waals surface area contributed by atoms with Gasteiger partial charge in [0.1, 0.15) is 5.76 Å². The number of rotatable bonds is 5. The number of hydrogen-bond donors (Lipinski definition) is 1. The molecular formula is C14H13Cl2NO2S. The summed E-state index contributed by atoms with van der Waals surface area (Å²) in [4.78, 5) is 12.0. The number of benzene rings is 1. The van der Waals surface area contributed by atoms with Crippen molar-refractivity contribution in [2.45, 2.75) is 17.9 Å². The van der Waals surface area contributed by atoms with Crippen molar-refractivity contribution < 1.29 is 9.21 Å². The first-order chi connectivity index (χ1) is 9.56. The van der Waals surface area contributed by atoms with E-state index in [0.29, 0.717) is 21.5 Å². The Morgan fingerprint density at radius 3 is 2.80 bits per heavy atom. The molecule has 106 valence electrons. The number of halogens is 2. The van der Waals surface area contributed by atoms with Gasteiger partial charge in [-0.25, -0.2) is 0 Å². The maximum atomic E-state index is 12.0. The van der Waals surface area contributed by atoms with Crippen molar-refractivity contribution in [3.8, 4) is 0 Å². The number of nitrogens with one attached hydrogen (secondary N) is 1. The zero-order valence-electron chi connectivity index (χ0n) is 10.7. The topological polar surface area (TPSA) is 42.2 Å². The number of amides is 1. The lowest BCUT2D eigenvalue weighted by Gasteiger charge is -2.11. The zero-order valence-corrected chi connectivity index (χ0v) is 13.1. The summed E-state index contributed by atoms with van der Waals surface area (Å²) in [5.41, 5.74) is 0.634. The van der Waals surface area contributed by atoms with Crippen LogP contribution in [0.5, 0.6) is 0 Å². The van der Waals surface area contributed by atoms with E-state index in [-0.39, 0.29) is 11.2 Å². The summed E-state index contributed by atoms with van der Waals surface area (Å²) in [5.74, 6) is 1.42. The molecule has 2 aromatic rings. The standard InChI is InChI=1S/C14H13Cl2NO2S/c1-9(20-8-11-3-2-6-19-11)14(18)17-10-4-5-12(15)13(16)7-10/h2-7,9H,8H2,1H3,(H,17,18). The molecule has 1 atom stereocenters. The van der Waals surface area contributed by atoms with E-state index >= 15 is 0 Å². The highest BCUT2D eigenvalue weighted by atomic mass is 35.5. The van der Waals surface area contributed by atoms with E-state index in [1.807, 2.05) is 19.1 Å². The highest BCUT2D eigenvalue weighted by molar-refractivity contribution is 7.99. The second kappa shape index (κ2) is 7.07. The molecule has 0 saturated heterocycles. The monoisotopic (exact) mass is 329 g/mol. The average molecular weight is 330 g/mol. The van der Waals surface area contributed by atoms with Crippen LogP contribution in [-0.4, -0.2) is 11.2 Å². The maximum Gasteiger partial charge on any atom is 0.237 e. The van der Waals surface area contributed by atoms with Gasteiger partial charge in [-0.3, -0.25) is 4.79 Å². The lowest BCUT2D eigenvalue weighted by atomic mass is 10.3. The first kappa shape index (κ1) is 15.3. The van der Waals surface area contributed by atoms with Gasteiger partial charge in [0.25, 0.3) is 0 Å². The molecule has 0 spiro atoms. The number of carbonyl (C=O) groups excluding carboxylic acids is 1. The predicted octanol–water partition coefficient (Wildman–Crippen LogP) is 4.85. The van der Waals surface area contributed by atoms with Gasteiger partial charge in [0, 0.05) is 5.69 Å². The summed E-state index contributed by atoms with van der Waals surface area (Å²) < 4.78 is 5.23. The van der Waals surface area contributed by atoms with Crippen LogP contribution in [0.4, 0.5) is 5.69 Å². The van der Waals surface area contributed by atoms with Gasteiger partial charge >= 0.3 is 0 Å². The van der Waals surface area contributed by atoms with E-state index < -0.39 is 0 Å². The quantitative estimate of drug-likeness (QED) is 0.852. The molecule has 0 aliphatic carbocycles. The fourth-order valence-corrected chi connectivity index (χ4v) is 2.58. The van der Waals surface area contributed by atoms with Crippen molar-refractivity contribution in [1.82, 2.24) is 0 Å². The Balaban J connectivity index is 1.88. The van der Waals surface area contributed by atoms with Crippen molar-refractivity contribution in [1.29, 1.82) is 0 Å². The number of anilines is 1. The van der Waals surface area contributed by atoms with Crippen LogP contribution in [0.15, 0.2) is 41.0 Å². The summed E-state index contributed by atoms with van der Waals surface area (Å²) in [6.45, 7) is 1.85. The summed E-state index contributed by atoms with van der Waals surface area (Å²) in [6.07, 6.45) is 1.62. The van der Waals surface area contributed by atoms with Gasteiger partial charge in [0.05, 0.1) is 27.3 Å². The molecule has 0 fully saturated rings. The lowest BCUT2D eigenvalue weighted by Crippen LogP contribution is -2.22. The Morgan fingerprint density at radius 2 is 2.15 bits per heavy atom. The lowest BCUT2D eigenvalue weighted by molar-refractivity contribution is -0.115. The second-order valence-corrected chi connectivity index (χ2v) is 6.29. The minimum absolute atomic E-state index is 0.0834. The third kappa shape index (κ3) is 4.20. The van der Waals surface area contributed by atoms with Crippen molar-refractivity contribution >= 4 is 46.6 Å². The molecule has 1 heterocycles. The molecular weight excluding hydrogens is 317 g/mol. The van der Waals surface area contributed by atoms with E-state index in [1.165, 1.54) is 11.8 Å². The van der Waals surface area contributed by atoms with Gasteiger partial charge < -0.3 is 9.73 Å². The Labute approximate surface area is 131 Å². The van der Waals surface area contributed by atoms with Crippen LogP contribution in [-0.2, 0) is 10.5 Å². The molecule has 3 nitrogen and oxygen atoms in total. The van der Waals surface area contributed by atoms with Crippen LogP contribution < -0.4 is 5.32 Å². The molecule has 1 amide bonds. The summed E-state index contributed by atoms with van der Waals surface area (Å²) in [7, 11) is 0. The van der Waals surface area contributed by atoms with Crippen LogP contribution in [0.25, 0.3) is 0 Å². The van der Waals surface area contributed by atoms with E-state index in [2.05, 4.69) is 5.32 Å². The molecule has 6 heteroatoms. The van der Waals surface area contributed by atoms with E-state index in [9.17, 15) is 4.79 Å². The summed E-state index contributed by atoms with van der Waals surface area (Å²) >= 11 is 13.2. The minimum Gasteiger partial charge on any atom is -0.468 e. The van der Waals surface area contributed by atoms with Crippen molar-refractivity contribution in [2.75, 3.05) is 5.32 Å². The van der Waals surface area contributed by atoms with Crippen molar-refractivity contribution in [3.63, 3.8) is 0 Å². The fourth-order valence-electron chi connectivity index (χ4n) is 1.50. The van der Waals surface area contributed by atoms with Gasteiger partial charge in [-0.15, -0.1) is 11.8 Å². The number of thioether (sulfide) groups is 1. The second-order valence-electron chi connectivity index (χ2n) is 4.15. The van der Waals surface area contributed by atoms with Crippen molar-refractivity contribution in [3.05, 3.63) is 52.4 Å². The van der Waals surface area contributed by atoms with Crippen molar-refractivity contribution in [2.24, 2.45) is 0 Å². The van der Waals surface area contributed by atoms with Crippen LogP contribution in [0.1, 0.15) is 12.7 Å². The highest BCUT2D eigenvalue weighted by Gasteiger charge is 2.14. The first-order valence-electron chi connectivity index (χ1n) is 5.96. The van der Waals surface area contributed by atoms with Crippen LogP contribution in [0, 0.1) is 0 Å². The smallest absolute Gasteiger partial charge is 0.237 e. The highest BCUT2D eigenvalue weighted by Crippen LogP contribution is 2.26. The third-order valence-electron chi connectivity index (χ3n) is 2.61. The van der Waals surface area contributed by atoms with Gasteiger partial charge in [0.2, 0.25) is 5.91 Å². The summed E-state index contributed by atoms with van der Waals surface area (Å²) in [6, 6.07) is 8.72. The maximum absolute atomic E-state index is 12.0. The summed E-state index contributed by atoms with van der Waals surface area (Å²) in [5, 5.41) is 3.49. The van der Waals surface area contributed by atoms with Gasteiger partial charge in [-0.1, -0.05) is 23.2 Å². The molecule has 0 saturated carbocycles. The minimum atomic E-state index is -0.199. The fraction of sp³-hybridized carbons (Fsp3) is 0.214. The number of furan rings is 1. The van der Waals surface area contributed by atoms with Crippen LogP contribution in [0.3, 0.4) is 0 Å². The van der Waals surface area contributed by atoms with Crippen LogP contribution in [0.2, 0.25) is 10.0 Å². The number of hydrogen-bond acceptors (Lipinski definition) is 3. The molecule has 0 bridgehead atoms. The van der Waals surface area contributed by atoms with E-state index in [4.69, 9.17) is 27.6 Å². The van der Waals surface area contributed by atoms with Gasteiger partial charge in [-0.2, -0.15) is 0 Å². The predicted molar refractivity (Wildman–Crippen MR) is 84.6 cm³/mol. The molecule has 1 unspecified atom stereocenters. The Bertz CT molecular complexity index is 587. The molecule has 0 aliphatic rings. The normalized spacial score (nSPS) is 12.2. The molecule has 0 aliphatic heterocycles. The largest absolute Gasteiger partial charge is 0.468 e. The Hall–Kier alpha value is -1.10. The molecule has 1 N–H and O–H groups in total. The Morgan fingerprint density at radius 1 is 1.35 bits per heavy atom. The average Bonchev–Trinajstić information content (AvgIpc) is 2.93. The van der Waals surface area contributed by atoms with Gasteiger partial charge in [-0.05, 0) is 37.3 Å².